The maximum absolute atomic E-state index is 12.8. The van der Waals surface area contributed by atoms with Gasteiger partial charge >= 0.3 is 0 Å². The Labute approximate surface area is 134 Å². The summed E-state index contributed by atoms with van der Waals surface area (Å²) in [5, 5.41) is 0.398. The number of hydrogen-bond acceptors (Lipinski definition) is 4. The summed E-state index contributed by atoms with van der Waals surface area (Å²) in [4.78, 5) is 27.3. The molecular weight excluding hydrogens is 294 g/mol. The zero-order chi connectivity index (χ0) is 16.7. The van der Waals surface area contributed by atoms with Gasteiger partial charge in [0.2, 0.25) is 5.43 Å². The van der Waals surface area contributed by atoms with Crippen LogP contribution < -0.4 is 11.2 Å². The minimum absolute atomic E-state index is 0.0444. The lowest BCUT2D eigenvalue weighted by molar-refractivity contribution is -0.0586. The quantitative estimate of drug-likeness (QED) is 0.806. The molecule has 1 saturated heterocycles. The Morgan fingerprint density at radius 3 is 2.57 bits per heavy atom. The molecule has 2 N–H and O–H groups in total. The van der Waals surface area contributed by atoms with E-state index in [1.807, 2.05) is 27.0 Å². The molecule has 3 rings (SSSR count). The maximum Gasteiger partial charge on any atom is 0.259 e. The minimum Gasteiger partial charge on any atom is -0.398 e. The van der Waals surface area contributed by atoms with Gasteiger partial charge in [-0.05, 0) is 26.0 Å². The summed E-state index contributed by atoms with van der Waals surface area (Å²) in [5.74, 6) is -0.266. The van der Waals surface area contributed by atoms with Crippen molar-refractivity contribution >= 4 is 22.5 Å². The molecule has 2 atom stereocenters. The van der Waals surface area contributed by atoms with E-state index in [4.69, 9.17) is 10.5 Å². The van der Waals surface area contributed by atoms with Gasteiger partial charge in [-0.1, -0.05) is 6.07 Å². The van der Waals surface area contributed by atoms with Crippen LogP contribution in [0.25, 0.3) is 10.9 Å². The van der Waals surface area contributed by atoms with Crippen molar-refractivity contribution in [3.05, 3.63) is 40.2 Å². The zero-order valence-electron chi connectivity index (χ0n) is 13.6. The number of fused-ring (bicyclic) bond motifs is 1. The number of benzene rings is 1. The minimum atomic E-state index is -0.312. The van der Waals surface area contributed by atoms with Crippen molar-refractivity contribution < 1.29 is 9.53 Å². The standard InChI is InChI=1S/C17H21N3O3/c1-10-7-20(8-11(2)23-10)17(22)12-9-19(3)14-6-4-5-13(18)15(14)16(12)21/h4-6,9-11H,7-8,18H2,1-3H3. The Bertz CT molecular complexity index is 818. The van der Waals surface area contributed by atoms with Gasteiger partial charge in [0, 0.05) is 32.0 Å². The van der Waals surface area contributed by atoms with Crippen molar-refractivity contribution in [1.29, 1.82) is 0 Å². The van der Waals surface area contributed by atoms with Gasteiger partial charge < -0.3 is 19.9 Å². The number of aryl methyl sites for hydroxylation is 1. The highest BCUT2D eigenvalue weighted by molar-refractivity contribution is 6.00. The molecule has 23 heavy (non-hydrogen) atoms. The third-order valence-corrected chi connectivity index (χ3v) is 4.19. The predicted octanol–water partition coefficient (Wildman–Crippen LogP) is 1.37. The highest BCUT2D eigenvalue weighted by Gasteiger charge is 2.28. The molecule has 6 heteroatoms. The van der Waals surface area contributed by atoms with Crippen molar-refractivity contribution in [2.24, 2.45) is 7.05 Å². The Kier molecular flexibility index (Phi) is 3.85. The first kappa shape index (κ1) is 15.6. The molecule has 0 radical (unpaired) electrons. The number of nitrogen functional groups attached to an aromatic ring is 1. The second kappa shape index (κ2) is 5.70. The van der Waals surface area contributed by atoms with E-state index in [0.717, 1.165) is 5.52 Å². The second-order valence-corrected chi connectivity index (χ2v) is 6.19. The number of pyridine rings is 1. The fourth-order valence-electron chi connectivity index (χ4n) is 3.22. The summed E-state index contributed by atoms with van der Waals surface area (Å²) in [6, 6.07) is 5.29. The third-order valence-electron chi connectivity index (χ3n) is 4.19. The van der Waals surface area contributed by atoms with Crippen LogP contribution in [0.4, 0.5) is 5.69 Å². The molecule has 2 heterocycles. The van der Waals surface area contributed by atoms with Gasteiger partial charge in [0.15, 0.2) is 0 Å². The van der Waals surface area contributed by atoms with Crippen LogP contribution in [0.15, 0.2) is 29.2 Å². The van der Waals surface area contributed by atoms with Gasteiger partial charge in [0.1, 0.15) is 5.56 Å². The summed E-state index contributed by atoms with van der Waals surface area (Å²) in [5.41, 5.74) is 6.91. The smallest absolute Gasteiger partial charge is 0.259 e. The van der Waals surface area contributed by atoms with Crippen molar-refractivity contribution in [2.45, 2.75) is 26.1 Å². The SMILES string of the molecule is CC1CN(C(=O)c2cn(C)c3cccc(N)c3c2=O)CC(C)O1. The van der Waals surface area contributed by atoms with E-state index in [-0.39, 0.29) is 29.1 Å². The highest BCUT2D eigenvalue weighted by Crippen LogP contribution is 2.19. The Balaban J connectivity index is 2.10. The molecule has 1 aromatic carbocycles. The van der Waals surface area contributed by atoms with Crippen LogP contribution in [0, 0.1) is 0 Å². The normalized spacial score (nSPS) is 21.6. The summed E-state index contributed by atoms with van der Waals surface area (Å²) < 4.78 is 7.42. The van der Waals surface area contributed by atoms with Crippen molar-refractivity contribution in [3.63, 3.8) is 0 Å². The number of nitrogens with two attached hydrogens (primary N) is 1. The highest BCUT2D eigenvalue weighted by atomic mass is 16.5. The fraction of sp³-hybridized carbons (Fsp3) is 0.412. The first-order valence-corrected chi connectivity index (χ1v) is 7.71. The lowest BCUT2D eigenvalue weighted by atomic mass is 10.1. The number of aromatic nitrogens is 1. The van der Waals surface area contributed by atoms with E-state index < -0.39 is 0 Å². The molecule has 0 spiro atoms. The molecule has 0 aliphatic carbocycles. The number of carbonyl (C=O) groups excluding carboxylic acids is 1. The molecule has 0 saturated carbocycles. The van der Waals surface area contributed by atoms with E-state index in [1.165, 1.54) is 0 Å². The van der Waals surface area contributed by atoms with Gasteiger partial charge in [-0.25, -0.2) is 0 Å². The Hall–Kier alpha value is -2.34. The summed E-state index contributed by atoms with van der Waals surface area (Å²) >= 11 is 0. The van der Waals surface area contributed by atoms with E-state index in [1.54, 1.807) is 27.8 Å². The number of nitrogens with zero attached hydrogens (tertiary/aromatic N) is 2. The fourth-order valence-corrected chi connectivity index (χ4v) is 3.22. The van der Waals surface area contributed by atoms with Crippen LogP contribution in [0.1, 0.15) is 24.2 Å². The Morgan fingerprint density at radius 2 is 1.91 bits per heavy atom. The lowest BCUT2D eigenvalue weighted by Gasteiger charge is -2.35. The molecule has 2 unspecified atom stereocenters. The zero-order valence-corrected chi connectivity index (χ0v) is 13.6. The number of hydrogen-bond donors (Lipinski definition) is 1. The molecule has 1 aromatic heterocycles. The molecule has 122 valence electrons. The average Bonchev–Trinajstić information content (AvgIpc) is 2.49. The van der Waals surface area contributed by atoms with Crippen molar-refractivity contribution in [3.8, 4) is 0 Å². The number of amides is 1. The van der Waals surface area contributed by atoms with Crippen LogP contribution in [0.2, 0.25) is 0 Å². The van der Waals surface area contributed by atoms with Gasteiger partial charge in [0.05, 0.1) is 23.1 Å². The molecule has 1 amide bonds. The van der Waals surface area contributed by atoms with Crippen LogP contribution >= 0.6 is 0 Å². The van der Waals surface area contributed by atoms with Crippen molar-refractivity contribution in [2.75, 3.05) is 18.8 Å². The maximum atomic E-state index is 12.8. The van der Waals surface area contributed by atoms with Gasteiger partial charge in [-0.2, -0.15) is 0 Å². The number of anilines is 1. The van der Waals surface area contributed by atoms with Crippen LogP contribution in [0.3, 0.4) is 0 Å². The van der Waals surface area contributed by atoms with Crippen LogP contribution in [-0.2, 0) is 11.8 Å². The van der Waals surface area contributed by atoms with E-state index in [9.17, 15) is 9.59 Å². The van der Waals surface area contributed by atoms with E-state index in [0.29, 0.717) is 24.2 Å². The van der Waals surface area contributed by atoms with Crippen molar-refractivity contribution in [1.82, 2.24) is 9.47 Å². The van der Waals surface area contributed by atoms with Gasteiger partial charge in [0.25, 0.3) is 5.91 Å². The third kappa shape index (κ3) is 2.70. The summed E-state index contributed by atoms with van der Waals surface area (Å²) in [7, 11) is 1.81. The first-order chi connectivity index (χ1) is 10.9. The number of carbonyl (C=O) groups is 1. The monoisotopic (exact) mass is 315 g/mol. The molecule has 0 bridgehead atoms. The molecular formula is C17H21N3O3. The largest absolute Gasteiger partial charge is 0.398 e. The molecule has 2 aromatic rings. The summed E-state index contributed by atoms with van der Waals surface area (Å²) in [6.45, 7) is 4.81. The molecule has 6 nitrogen and oxygen atoms in total. The topological polar surface area (TPSA) is 77.6 Å². The number of morpholine rings is 1. The summed E-state index contributed by atoms with van der Waals surface area (Å²) in [6.07, 6.45) is 1.51. The molecule has 1 aliphatic heterocycles. The predicted molar refractivity (Wildman–Crippen MR) is 89.5 cm³/mol. The van der Waals surface area contributed by atoms with Crippen LogP contribution in [0.5, 0.6) is 0 Å². The van der Waals surface area contributed by atoms with Crippen LogP contribution in [-0.4, -0.2) is 40.7 Å². The van der Waals surface area contributed by atoms with Gasteiger partial charge in [-0.3, -0.25) is 9.59 Å². The Morgan fingerprint density at radius 1 is 1.26 bits per heavy atom. The van der Waals surface area contributed by atoms with Gasteiger partial charge in [-0.15, -0.1) is 0 Å². The number of ether oxygens (including phenoxy) is 1. The lowest BCUT2D eigenvalue weighted by Crippen LogP contribution is -2.49. The molecule has 1 fully saturated rings. The van der Waals surface area contributed by atoms with E-state index in [2.05, 4.69) is 0 Å². The average molecular weight is 315 g/mol. The van der Waals surface area contributed by atoms with E-state index >= 15 is 0 Å². The number of rotatable bonds is 1. The second-order valence-electron chi connectivity index (χ2n) is 6.19. The first-order valence-electron chi connectivity index (χ1n) is 7.71. The molecule has 1 aliphatic rings.